The van der Waals surface area contributed by atoms with E-state index in [-0.39, 0.29) is 0 Å². The summed E-state index contributed by atoms with van der Waals surface area (Å²) in [6.07, 6.45) is 1.69. The van der Waals surface area contributed by atoms with Crippen LogP contribution in [-0.4, -0.2) is 21.2 Å². The number of rotatable bonds is 1. The Balaban J connectivity index is 2.06. The standard InChI is InChI=1S/C16H14N2O3S/c1-21-11-5-7-12-13-6-4-10-3-2-8-17-15(10)16(13)18-22(19,20)14(12)9-11/h2-9,18-20H,1H3. The predicted molar refractivity (Wildman–Crippen MR) is 88.5 cm³/mol. The van der Waals surface area contributed by atoms with E-state index in [0.29, 0.717) is 16.3 Å². The van der Waals surface area contributed by atoms with Gasteiger partial charge in [-0.05, 0) is 18.2 Å². The molecule has 0 saturated heterocycles. The smallest absolute Gasteiger partial charge is 0.120 e. The zero-order chi connectivity index (χ0) is 15.3. The van der Waals surface area contributed by atoms with Crippen molar-refractivity contribution in [2.75, 3.05) is 11.8 Å². The Morgan fingerprint density at radius 3 is 2.73 bits per heavy atom. The summed E-state index contributed by atoms with van der Waals surface area (Å²) in [6, 6.07) is 13.1. The van der Waals surface area contributed by atoms with Crippen LogP contribution in [0.5, 0.6) is 5.75 Å². The van der Waals surface area contributed by atoms with Crippen LogP contribution in [0.25, 0.3) is 22.0 Å². The quantitative estimate of drug-likeness (QED) is 0.622. The third-order valence-corrected chi connectivity index (χ3v) is 5.24. The van der Waals surface area contributed by atoms with E-state index < -0.39 is 10.8 Å². The third-order valence-electron chi connectivity index (χ3n) is 3.80. The van der Waals surface area contributed by atoms with Gasteiger partial charge in [0.15, 0.2) is 0 Å². The number of aromatic nitrogens is 1. The van der Waals surface area contributed by atoms with E-state index in [9.17, 15) is 9.11 Å². The second-order valence-electron chi connectivity index (χ2n) is 5.08. The topological polar surface area (TPSA) is 74.6 Å². The Kier molecular flexibility index (Phi) is 2.80. The Bertz CT molecular complexity index is 896. The van der Waals surface area contributed by atoms with E-state index in [1.54, 1.807) is 19.4 Å². The van der Waals surface area contributed by atoms with Gasteiger partial charge in [0.2, 0.25) is 0 Å². The van der Waals surface area contributed by atoms with Crippen LogP contribution in [0.4, 0.5) is 5.69 Å². The van der Waals surface area contributed by atoms with Crippen LogP contribution in [0, 0.1) is 0 Å². The molecule has 0 unspecified atom stereocenters. The van der Waals surface area contributed by atoms with Crippen molar-refractivity contribution in [2.45, 2.75) is 4.90 Å². The molecule has 0 atom stereocenters. The fourth-order valence-electron chi connectivity index (χ4n) is 2.76. The number of fused-ring (bicyclic) bond motifs is 5. The van der Waals surface area contributed by atoms with Crippen LogP contribution in [0.3, 0.4) is 0 Å². The second-order valence-corrected chi connectivity index (χ2v) is 6.82. The van der Waals surface area contributed by atoms with Crippen LogP contribution >= 0.6 is 10.8 Å². The molecule has 2 heterocycles. The van der Waals surface area contributed by atoms with Crippen LogP contribution < -0.4 is 9.46 Å². The molecule has 2 aromatic carbocycles. The summed E-state index contributed by atoms with van der Waals surface area (Å²) >= 11 is 0. The van der Waals surface area contributed by atoms with E-state index in [1.165, 1.54) is 0 Å². The molecule has 22 heavy (non-hydrogen) atoms. The number of hydrogen-bond acceptors (Lipinski definition) is 5. The SMILES string of the molecule is COc1ccc2c(c1)S(O)(O)Nc1c-2ccc2cccnc12. The highest BCUT2D eigenvalue weighted by molar-refractivity contribution is 8.25. The number of methoxy groups -OCH3 is 1. The van der Waals surface area contributed by atoms with Crippen molar-refractivity contribution in [3.05, 3.63) is 48.7 Å². The number of ether oxygens (including phenoxy) is 1. The molecular formula is C16H14N2O3S. The van der Waals surface area contributed by atoms with Crippen LogP contribution in [0.15, 0.2) is 53.6 Å². The van der Waals surface area contributed by atoms with Gasteiger partial charge in [0.25, 0.3) is 0 Å². The molecule has 112 valence electrons. The summed E-state index contributed by atoms with van der Waals surface area (Å²) in [5, 5.41) is 0.945. The zero-order valence-electron chi connectivity index (χ0n) is 11.8. The van der Waals surface area contributed by atoms with Crippen molar-refractivity contribution in [3.8, 4) is 16.9 Å². The van der Waals surface area contributed by atoms with Crippen molar-refractivity contribution in [1.29, 1.82) is 0 Å². The van der Waals surface area contributed by atoms with E-state index >= 15 is 0 Å². The average molecular weight is 314 g/mol. The normalized spacial score (nSPS) is 16.3. The van der Waals surface area contributed by atoms with Gasteiger partial charge in [-0.25, -0.2) is 0 Å². The van der Waals surface area contributed by atoms with Gasteiger partial charge < -0.3 is 4.74 Å². The van der Waals surface area contributed by atoms with Gasteiger partial charge in [-0.1, -0.05) is 29.0 Å². The lowest BCUT2D eigenvalue weighted by Crippen LogP contribution is -2.16. The van der Waals surface area contributed by atoms with E-state index in [1.807, 2.05) is 36.4 Å². The average Bonchev–Trinajstić information content (AvgIpc) is 2.54. The van der Waals surface area contributed by atoms with Crippen molar-refractivity contribution >= 4 is 27.4 Å². The number of nitrogens with zero attached hydrogens (tertiary/aromatic N) is 1. The molecule has 0 radical (unpaired) electrons. The summed E-state index contributed by atoms with van der Waals surface area (Å²) in [5.74, 6) is 0.586. The number of anilines is 1. The number of hydrogen-bond donors (Lipinski definition) is 3. The summed E-state index contributed by atoms with van der Waals surface area (Å²) in [6.45, 7) is 0. The first-order valence-corrected chi connectivity index (χ1v) is 8.27. The molecule has 0 saturated carbocycles. The van der Waals surface area contributed by atoms with Crippen LogP contribution in [0.2, 0.25) is 0 Å². The molecule has 0 aliphatic carbocycles. The minimum atomic E-state index is -3.15. The molecule has 0 bridgehead atoms. The molecule has 4 rings (SSSR count). The highest BCUT2D eigenvalue weighted by atomic mass is 32.3. The fraction of sp³-hybridized carbons (Fsp3) is 0.0625. The lowest BCUT2D eigenvalue weighted by molar-refractivity contribution is 0.412. The first-order valence-electron chi connectivity index (χ1n) is 6.72. The minimum Gasteiger partial charge on any atom is -0.497 e. The van der Waals surface area contributed by atoms with Gasteiger partial charge in [-0.15, -0.1) is 0 Å². The van der Waals surface area contributed by atoms with Gasteiger partial charge in [0, 0.05) is 28.8 Å². The molecule has 1 aliphatic heterocycles. The Morgan fingerprint density at radius 2 is 1.91 bits per heavy atom. The minimum absolute atomic E-state index is 0.439. The maximum atomic E-state index is 10.5. The lowest BCUT2D eigenvalue weighted by atomic mass is 10.0. The first-order chi connectivity index (χ1) is 10.6. The molecule has 0 amide bonds. The second kappa shape index (κ2) is 4.61. The number of nitrogens with one attached hydrogen (secondary N) is 1. The molecule has 3 aromatic rings. The molecular weight excluding hydrogens is 300 g/mol. The fourth-order valence-corrected chi connectivity index (χ4v) is 4.12. The van der Waals surface area contributed by atoms with Crippen LogP contribution in [0.1, 0.15) is 0 Å². The van der Waals surface area contributed by atoms with Crippen molar-refractivity contribution in [1.82, 2.24) is 4.98 Å². The Labute approximate surface area is 129 Å². The highest BCUT2D eigenvalue weighted by Crippen LogP contribution is 2.59. The van der Waals surface area contributed by atoms with Gasteiger partial charge in [0.05, 0.1) is 23.2 Å². The first kappa shape index (κ1) is 13.4. The third kappa shape index (κ3) is 1.85. The molecule has 6 heteroatoms. The predicted octanol–water partition coefficient (Wildman–Crippen LogP) is 4.36. The van der Waals surface area contributed by atoms with E-state index in [4.69, 9.17) is 4.74 Å². The molecule has 1 aromatic heterocycles. The monoisotopic (exact) mass is 314 g/mol. The molecule has 0 fully saturated rings. The van der Waals surface area contributed by atoms with E-state index in [2.05, 4.69) is 9.71 Å². The summed E-state index contributed by atoms with van der Waals surface area (Å²) < 4.78 is 29.0. The summed E-state index contributed by atoms with van der Waals surface area (Å²) in [7, 11) is -1.60. The van der Waals surface area contributed by atoms with E-state index in [0.717, 1.165) is 22.0 Å². The number of benzene rings is 2. The summed E-state index contributed by atoms with van der Waals surface area (Å²) in [4.78, 5) is 4.81. The van der Waals surface area contributed by atoms with Gasteiger partial charge >= 0.3 is 0 Å². The largest absolute Gasteiger partial charge is 0.497 e. The van der Waals surface area contributed by atoms with Crippen molar-refractivity contribution in [3.63, 3.8) is 0 Å². The molecule has 5 nitrogen and oxygen atoms in total. The lowest BCUT2D eigenvalue weighted by Gasteiger charge is -2.40. The van der Waals surface area contributed by atoms with Gasteiger partial charge in [0.1, 0.15) is 5.75 Å². The maximum Gasteiger partial charge on any atom is 0.120 e. The number of pyridine rings is 1. The highest BCUT2D eigenvalue weighted by Gasteiger charge is 2.29. The molecule has 1 aliphatic rings. The van der Waals surface area contributed by atoms with Crippen LogP contribution in [-0.2, 0) is 0 Å². The van der Waals surface area contributed by atoms with Crippen molar-refractivity contribution < 1.29 is 13.8 Å². The Morgan fingerprint density at radius 1 is 1.09 bits per heavy atom. The van der Waals surface area contributed by atoms with Gasteiger partial charge in [-0.3, -0.25) is 18.8 Å². The summed E-state index contributed by atoms with van der Waals surface area (Å²) in [5.41, 5.74) is 3.05. The molecule has 0 spiro atoms. The maximum absolute atomic E-state index is 10.5. The Hall–Kier alpha value is -2.28. The van der Waals surface area contributed by atoms with Crippen molar-refractivity contribution in [2.24, 2.45) is 0 Å². The molecule has 3 N–H and O–H groups in total. The zero-order valence-corrected chi connectivity index (χ0v) is 12.6. The van der Waals surface area contributed by atoms with Gasteiger partial charge in [-0.2, -0.15) is 0 Å².